The molecule has 0 aliphatic rings. The Kier molecular flexibility index (Phi) is 9.24. The third-order valence-electron chi connectivity index (χ3n) is 6.05. The summed E-state index contributed by atoms with van der Waals surface area (Å²) in [5.74, 6) is -0.712. The van der Waals surface area contributed by atoms with Crippen molar-refractivity contribution in [3.8, 4) is 6.07 Å². The molecule has 0 saturated heterocycles. The first-order valence-corrected chi connectivity index (χ1v) is 12.2. The number of amides is 1. The van der Waals surface area contributed by atoms with Gasteiger partial charge < -0.3 is 14.6 Å². The SMILES string of the molecule is Cc1cc(/C=C(\C#N)C(=O)OCC(=O)Nc2ccccc2Cc2ccccc2)c(C)n1CCC(C)C. The zero-order valence-corrected chi connectivity index (χ0v) is 21.4. The Morgan fingerprint density at radius 3 is 2.47 bits per heavy atom. The number of hydrogen-bond donors (Lipinski definition) is 1. The van der Waals surface area contributed by atoms with Crippen molar-refractivity contribution >= 4 is 23.6 Å². The number of hydrogen-bond acceptors (Lipinski definition) is 4. The summed E-state index contributed by atoms with van der Waals surface area (Å²) in [6.07, 6.45) is 3.23. The molecule has 0 atom stereocenters. The number of carbonyl (C=O) groups is 2. The molecule has 3 aromatic rings. The predicted molar refractivity (Wildman–Crippen MR) is 142 cm³/mol. The number of rotatable bonds is 10. The van der Waals surface area contributed by atoms with Crippen LogP contribution in [0.2, 0.25) is 0 Å². The van der Waals surface area contributed by atoms with Crippen LogP contribution in [0.5, 0.6) is 0 Å². The number of anilines is 1. The number of nitrogens with zero attached hydrogens (tertiary/aromatic N) is 2. The van der Waals surface area contributed by atoms with E-state index in [0.717, 1.165) is 41.0 Å². The van der Waals surface area contributed by atoms with Gasteiger partial charge in [0.05, 0.1) is 0 Å². The lowest BCUT2D eigenvalue weighted by atomic mass is 10.0. The van der Waals surface area contributed by atoms with Gasteiger partial charge in [-0.15, -0.1) is 0 Å². The number of nitriles is 1. The third-order valence-corrected chi connectivity index (χ3v) is 6.05. The van der Waals surface area contributed by atoms with E-state index in [-0.39, 0.29) is 5.57 Å². The molecule has 3 rings (SSSR count). The molecule has 186 valence electrons. The maximum absolute atomic E-state index is 12.6. The van der Waals surface area contributed by atoms with E-state index in [1.807, 2.05) is 80.6 Å². The number of aryl methyl sites for hydroxylation is 1. The van der Waals surface area contributed by atoms with Crippen molar-refractivity contribution in [3.05, 3.63) is 94.3 Å². The normalized spacial score (nSPS) is 11.3. The second kappa shape index (κ2) is 12.6. The van der Waals surface area contributed by atoms with Gasteiger partial charge in [0.15, 0.2) is 6.61 Å². The first-order valence-electron chi connectivity index (χ1n) is 12.2. The van der Waals surface area contributed by atoms with E-state index in [2.05, 4.69) is 23.7 Å². The Hall–Kier alpha value is -4.11. The zero-order valence-electron chi connectivity index (χ0n) is 21.4. The van der Waals surface area contributed by atoms with E-state index in [4.69, 9.17) is 4.74 Å². The molecular formula is C30H33N3O3. The fraction of sp³-hybridized carbons (Fsp3) is 0.300. The standard InChI is InChI=1S/C30H33N3O3/c1-21(2)14-15-33-22(3)16-26(23(33)4)18-27(19-31)30(35)36-20-29(34)32-28-13-9-8-12-25(28)17-24-10-6-5-7-11-24/h5-13,16,18,21H,14-15,17,20H2,1-4H3,(H,32,34)/b27-18+. The van der Waals surface area contributed by atoms with Crippen molar-refractivity contribution < 1.29 is 14.3 Å². The molecular weight excluding hydrogens is 450 g/mol. The second-order valence-corrected chi connectivity index (χ2v) is 9.27. The molecule has 6 nitrogen and oxygen atoms in total. The molecule has 1 heterocycles. The molecule has 0 aliphatic carbocycles. The van der Waals surface area contributed by atoms with Crippen molar-refractivity contribution in [2.75, 3.05) is 11.9 Å². The first kappa shape index (κ1) is 26.5. The van der Waals surface area contributed by atoms with Crippen molar-refractivity contribution in [2.24, 2.45) is 5.92 Å². The van der Waals surface area contributed by atoms with Gasteiger partial charge in [-0.3, -0.25) is 4.79 Å². The maximum Gasteiger partial charge on any atom is 0.349 e. The van der Waals surface area contributed by atoms with Gasteiger partial charge in [-0.25, -0.2) is 4.79 Å². The summed E-state index contributed by atoms with van der Waals surface area (Å²) in [7, 11) is 0. The summed E-state index contributed by atoms with van der Waals surface area (Å²) in [4.78, 5) is 25.1. The highest BCUT2D eigenvalue weighted by Gasteiger charge is 2.16. The summed E-state index contributed by atoms with van der Waals surface area (Å²) in [6.45, 7) is 8.73. The lowest BCUT2D eigenvalue weighted by Gasteiger charge is -2.12. The molecule has 0 saturated carbocycles. The number of ether oxygens (including phenoxy) is 1. The molecule has 0 bridgehead atoms. The van der Waals surface area contributed by atoms with Crippen LogP contribution in [0, 0.1) is 31.1 Å². The zero-order chi connectivity index (χ0) is 26.1. The van der Waals surface area contributed by atoms with E-state index in [1.165, 1.54) is 6.08 Å². The van der Waals surface area contributed by atoms with Crippen LogP contribution in [0.25, 0.3) is 6.08 Å². The number of nitrogens with one attached hydrogen (secondary N) is 1. The molecule has 1 N–H and O–H groups in total. The van der Waals surface area contributed by atoms with Gasteiger partial charge in [-0.2, -0.15) is 5.26 Å². The van der Waals surface area contributed by atoms with Crippen LogP contribution in [0.4, 0.5) is 5.69 Å². The van der Waals surface area contributed by atoms with Crippen LogP contribution in [-0.2, 0) is 27.3 Å². The maximum atomic E-state index is 12.6. The van der Waals surface area contributed by atoms with Gasteiger partial charge in [0.25, 0.3) is 5.91 Å². The molecule has 0 unspecified atom stereocenters. The molecule has 2 aromatic carbocycles. The molecule has 1 amide bonds. The molecule has 6 heteroatoms. The quantitative estimate of drug-likeness (QED) is 0.223. The van der Waals surface area contributed by atoms with Crippen LogP contribution in [0.1, 0.15) is 48.3 Å². The second-order valence-electron chi connectivity index (χ2n) is 9.27. The highest BCUT2D eigenvalue weighted by Crippen LogP contribution is 2.21. The number of esters is 1. The van der Waals surface area contributed by atoms with Gasteiger partial charge in [0, 0.05) is 23.6 Å². The van der Waals surface area contributed by atoms with E-state index < -0.39 is 18.5 Å². The summed E-state index contributed by atoms with van der Waals surface area (Å²) in [5.41, 5.74) is 5.44. The smallest absolute Gasteiger partial charge is 0.349 e. The minimum atomic E-state index is -0.822. The van der Waals surface area contributed by atoms with E-state index in [1.54, 1.807) is 0 Å². The van der Waals surface area contributed by atoms with Crippen LogP contribution in [0.3, 0.4) is 0 Å². The average molecular weight is 484 g/mol. The van der Waals surface area contributed by atoms with Crippen LogP contribution in [-0.4, -0.2) is 23.1 Å². The van der Waals surface area contributed by atoms with E-state index in [9.17, 15) is 14.9 Å². The summed E-state index contributed by atoms with van der Waals surface area (Å²) in [6, 6.07) is 21.3. The van der Waals surface area contributed by atoms with Gasteiger partial charge >= 0.3 is 5.97 Å². The van der Waals surface area contributed by atoms with Crippen LogP contribution < -0.4 is 5.32 Å². The third kappa shape index (κ3) is 7.19. The van der Waals surface area contributed by atoms with Crippen molar-refractivity contribution in [3.63, 3.8) is 0 Å². The van der Waals surface area contributed by atoms with Gasteiger partial charge in [0.1, 0.15) is 11.6 Å². The number of aromatic nitrogens is 1. The predicted octanol–water partition coefficient (Wildman–Crippen LogP) is 5.83. The Morgan fingerprint density at radius 2 is 1.78 bits per heavy atom. The van der Waals surface area contributed by atoms with Gasteiger partial charge in [0.2, 0.25) is 0 Å². The van der Waals surface area contributed by atoms with Crippen molar-refractivity contribution in [1.29, 1.82) is 5.26 Å². The molecule has 0 fully saturated rings. The topological polar surface area (TPSA) is 84.1 Å². The van der Waals surface area contributed by atoms with E-state index >= 15 is 0 Å². The highest BCUT2D eigenvalue weighted by molar-refractivity contribution is 6.00. The molecule has 0 spiro atoms. The number of benzene rings is 2. The number of para-hydroxylation sites is 1. The van der Waals surface area contributed by atoms with E-state index in [0.29, 0.717) is 18.0 Å². The van der Waals surface area contributed by atoms with Gasteiger partial charge in [-0.1, -0.05) is 62.4 Å². The molecule has 0 aliphatic heterocycles. The fourth-order valence-corrected chi connectivity index (χ4v) is 4.00. The monoisotopic (exact) mass is 483 g/mol. The average Bonchev–Trinajstić information content (AvgIpc) is 3.13. The summed E-state index contributed by atoms with van der Waals surface area (Å²) < 4.78 is 7.35. The Balaban J connectivity index is 1.63. The minimum absolute atomic E-state index is 0.142. The van der Waals surface area contributed by atoms with Gasteiger partial charge in [-0.05, 0) is 67.5 Å². The largest absolute Gasteiger partial charge is 0.451 e. The summed E-state index contributed by atoms with van der Waals surface area (Å²) in [5, 5.41) is 12.4. The highest BCUT2D eigenvalue weighted by atomic mass is 16.5. The Labute approximate surface area is 213 Å². The molecule has 1 aromatic heterocycles. The lowest BCUT2D eigenvalue weighted by Crippen LogP contribution is -2.22. The summed E-state index contributed by atoms with van der Waals surface area (Å²) >= 11 is 0. The van der Waals surface area contributed by atoms with Crippen molar-refractivity contribution in [1.82, 2.24) is 4.57 Å². The molecule has 36 heavy (non-hydrogen) atoms. The Bertz CT molecular complexity index is 1280. The minimum Gasteiger partial charge on any atom is -0.451 e. The van der Waals surface area contributed by atoms with Crippen molar-refractivity contribution in [2.45, 2.75) is 47.1 Å². The lowest BCUT2D eigenvalue weighted by molar-refractivity contribution is -0.142. The first-order chi connectivity index (χ1) is 17.3. The van der Waals surface area contributed by atoms with Crippen LogP contribution >= 0.6 is 0 Å². The number of carbonyl (C=O) groups excluding carboxylic acids is 2. The molecule has 0 radical (unpaired) electrons. The Morgan fingerprint density at radius 1 is 1.08 bits per heavy atom. The fourth-order valence-electron chi connectivity index (χ4n) is 4.00. The van der Waals surface area contributed by atoms with Crippen LogP contribution in [0.15, 0.2) is 66.2 Å².